The Bertz CT molecular complexity index is 423. The minimum atomic E-state index is -0.663. The van der Waals surface area contributed by atoms with Gasteiger partial charge in [-0.3, -0.25) is 4.79 Å². The molecule has 0 heterocycles. The van der Waals surface area contributed by atoms with Gasteiger partial charge < -0.3 is 19.9 Å². The Labute approximate surface area is 121 Å². The topological polar surface area (TPSA) is 67.8 Å². The first-order valence-corrected chi connectivity index (χ1v) is 6.70. The van der Waals surface area contributed by atoms with Gasteiger partial charge in [-0.15, -0.1) is 0 Å². The van der Waals surface area contributed by atoms with Gasteiger partial charge in [0.2, 0.25) is 0 Å². The molecule has 0 saturated carbocycles. The zero-order chi connectivity index (χ0) is 14.3. The summed E-state index contributed by atoms with van der Waals surface area (Å²) in [5, 5.41) is 12.3. The molecule has 2 N–H and O–H groups in total. The van der Waals surface area contributed by atoms with Crippen molar-refractivity contribution in [2.75, 3.05) is 26.9 Å². The summed E-state index contributed by atoms with van der Waals surface area (Å²) >= 11 is 3.33. The van der Waals surface area contributed by atoms with E-state index in [4.69, 9.17) is 9.47 Å². The lowest BCUT2D eigenvalue weighted by Crippen LogP contribution is -2.31. The van der Waals surface area contributed by atoms with Gasteiger partial charge in [-0.1, -0.05) is 15.9 Å². The average Bonchev–Trinajstić information content (AvgIpc) is 2.37. The number of amides is 1. The summed E-state index contributed by atoms with van der Waals surface area (Å²) in [6.07, 6.45) is -0.663. The van der Waals surface area contributed by atoms with Crippen molar-refractivity contribution >= 4 is 21.8 Å². The Kier molecular flexibility index (Phi) is 6.83. The fourth-order valence-electron chi connectivity index (χ4n) is 1.46. The van der Waals surface area contributed by atoms with Crippen LogP contribution in [0.4, 0.5) is 0 Å². The van der Waals surface area contributed by atoms with E-state index in [0.717, 1.165) is 4.47 Å². The van der Waals surface area contributed by atoms with Crippen LogP contribution < -0.4 is 10.1 Å². The highest BCUT2D eigenvalue weighted by Gasteiger charge is 2.11. The van der Waals surface area contributed by atoms with Crippen LogP contribution in [-0.2, 0) is 9.53 Å². The molecule has 0 saturated heterocycles. The maximum Gasteiger partial charge on any atom is 0.258 e. The molecule has 0 aliphatic carbocycles. The number of carbonyl (C=O) groups excluding carboxylic acids is 1. The first-order chi connectivity index (χ1) is 9.04. The number of ether oxygens (including phenoxy) is 2. The van der Waals surface area contributed by atoms with Crippen molar-refractivity contribution in [1.82, 2.24) is 5.32 Å². The first-order valence-electron chi connectivity index (χ1n) is 5.90. The molecule has 0 aromatic heterocycles. The van der Waals surface area contributed by atoms with Crippen molar-refractivity contribution in [1.29, 1.82) is 0 Å². The van der Waals surface area contributed by atoms with Crippen molar-refractivity contribution < 1.29 is 19.4 Å². The molecule has 0 bridgehead atoms. The number of hydrogen-bond acceptors (Lipinski definition) is 4. The fraction of sp³-hybridized carbons (Fsp3) is 0.462. The summed E-state index contributed by atoms with van der Waals surface area (Å²) in [5.74, 6) is 0.275. The highest BCUT2D eigenvalue weighted by atomic mass is 79.9. The average molecular weight is 332 g/mol. The van der Waals surface area contributed by atoms with Gasteiger partial charge in [0.25, 0.3) is 5.91 Å². The fourth-order valence-corrected chi connectivity index (χ4v) is 1.84. The molecule has 0 aliphatic rings. The highest BCUT2D eigenvalue weighted by Crippen LogP contribution is 2.28. The summed E-state index contributed by atoms with van der Waals surface area (Å²) in [7, 11) is 1.57. The van der Waals surface area contributed by atoms with Gasteiger partial charge in [0.05, 0.1) is 12.7 Å². The second kappa shape index (κ2) is 8.14. The number of aliphatic hydroxyl groups excluding tert-OH is 1. The number of hydrogen-bond donors (Lipinski definition) is 2. The predicted molar refractivity (Wildman–Crippen MR) is 75.2 cm³/mol. The van der Waals surface area contributed by atoms with Crippen LogP contribution in [0.3, 0.4) is 0 Å². The van der Waals surface area contributed by atoms with E-state index in [9.17, 15) is 9.90 Å². The predicted octanol–water partition coefficient (Wildman–Crippen LogP) is 1.64. The SMILES string of the molecule is COCCNC(=O)COc1ccc(Br)cc1[C@H](C)O. The van der Waals surface area contributed by atoms with Crippen LogP contribution in [0, 0.1) is 0 Å². The van der Waals surface area contributed by atoms with Crippen molar-refractivity contribution in [3.05, 3.63) is 28.2 Å². The second-order valence-electron chi connectivity index (χ2n) is 3.99. The van der Waals surface area contributed by atoms with Crippen LogP contribution in [0.15, 0.2) is 22.7 Å². The molecule has 5 nitrogen and oxygen atoms in total. The van der Waals surface area contributed by atoms with Crippen LogP contribution in [0.5, 0.6) is 5.75 Å². The van der Waals surface area contributed by atoms with Gasteiger partial charge in [0.1, 0.15) is 5.75 Å². The number of halogens is 1. The van der Waals surface area contributed by atoms with E-state index in [-0.39, 0.29) is 12.5 Å². The van der Waals surface area contributed by atoms with Crippen LogP contribution in [0.1, 0.15) is 18.6 Å². The Morgan fingerprint density at radius 2 is 2.26 bits per heavy atom. The molecule has 0 aliphatic heterocycles. The number of benzene rings is 1. The largest absolute Gasteiger partial charge is 0.483 e. The smallest absolute Gasteiger partial charge is 0.258 e. The summed E-state index contributed by atoms with van der Waals surface area (Å²) < 4.78 is 11.1. The molecular weight excluding hydrogens is 314 g/mol. The Hall–Kier alpha value is -1.11. The summed E-state index contributed by atoms with van der Waals surface area (Å²) in [6, 6.07) is 5.28. The minimum absolute atomic E-state index is 0.0922. The zero-order valence-corrected chi connectivity index (χ0v) is 12.6. The number of aliphatic hydroxyl groups is 1. The van der Waals surface area contributed by atoms with E-state index in [1.807, 2.05) is 0 Å². The van der Waals surface area contributed by atoms with E-state index >= 15 is 0 Å². The van der Waals surface area contributed by atoms with Crippen molar-refractivity contribution in [3.63, 3.8) is 0 Å². The third kappa shape index (κ3) is 5.59. The maximum atomic E-state index is 11.5. The second-order valence-corrected chi connectivity index (χ2v) is 4.91. The highest BCUT2D eigenvalue weighted by molar-refractivity contribution is 9.10. The minimum Gasteiger partial charge on any atom is -0.483 e. The standard InChI is InChI=1S/C13H18BrNO4/c1-9(16)11-7-10(14)3-4-12(11)19-8-13(17)15-5-6-18-2/h3-4,7,9,16H,5-6,8H2,1-2H3,(H,15,17)/t9-/m0/s1. The Morgan fingerprint density at radius 1 is 1.53 bits per heavy atom. The summed E-state index contributed by atoms with van der Waals surface area (Å²) in [4.78, 5) is 11.5. The summed E-state index contributed by atoms with van der Waals surface area (Å²) in [6.45, 7) is 2.46. The molecule has 1 rings (SSSR count). The van der Waals surface area contributed by atoms with E-state index in [1.165, 1.54) is 0 Å². The monoisotopic (exact) mass is 331 g/mol. The molecule has 19 heavy (non-hydrogen) atoms. The van der Waals surface area contributed by atoms with Gasteiger partial charge in [0.15, 0.2) is 6.61 Å². The van der Waals surface area contributed by atoms with Crippen molar-refractivity contribution in [2.24, 2.45) is 0 Å². The number of carbonyl (C=O) groups is 1. The van der Waals surface area contributed by atoms with Crippen LogP contribution >= 0.6 is 15.9 Å². The van der Waals surface area contributed by atoms with E-state index in [0.29, 0.717) is 24.5 Å². The van der Waals surface area contributed by atoms with Crippen LogP contribution in [-0.4, -0.2) is 37.9 Å². The lowest BCUT2D eigenvalue weighted by Gasteiger charge is -2.13. The third-order valence-corrected chi connectivity index (χ3v) is 2.90. The Morgan fingerprint density at radius 3 is 2.89 bits per heavy atom. The van der Waals surface area contributed by atoms with Crippen LogP contribution in [0.2, 0.25) is 0 Å². The van der Waals surface area contributed by atoms with Crippen molar-refractivity contribution in [3.8, 4) is 5.75 Å². The lowest BCUT2D eigenvalue weighted by molar-refractivity contribution is -0.123. The molecule has 0 unspecified atom stereocenters. The summed E-state index contributed by atoms with van der Waals surface area (Å²) in [5.41, 5.74) is 0.638. The molecule has 0 fully saturated rings. The van der Waals surface area contributed by atoms with E-state index in [1.54, 1.807) is 32.2 Å². The van der Waals surface area contributed by atoms with Gasteiger partial charge in [0, 0.05) is 23.7 Å². The first kappa shape index (κ1) is 15.9. The molecule has 1 atom stereocenters. The van der Waals surface area contributed by atoms with E-state index < -0.39 is 6.10 Å². The van der Waals surface area contributed by atoms with Gasteiger partial charge in [-0.2, -0.15) is 0 Å². The molecule has 6 heteroatoms. The van der Waals surface area contributed by atoms with Gasteiger partial charge in [-0.25, -0.2) is 0 Å². The van der Waals surface area contributed by atoms with Gasteiger partial charge in [-0.05, 0) is 25.1 Å². The zero-order valence-electron chi connectivity index (χ0n) is 11.0. The normalized spacial score (nSPS) is 12.0. The van der Waals surface area contributed by atoms with Gasteiger partial charge >= 0.3 is 0 Å². The molecule has 106 valence electrons. The molecule has 0 spiro atoms. The number of methoxy groups -OCH3 is 1. The maximum absolute atomic E-state index is 11.5. The molecular formula is C13H18BrNO4. The van der Waals surface area contributed by atoms with Crippen LogP contribution in [0.25, 0.3) is 0 Å². The Balaban J connectivity index is 2.55. The molecule has 1 aromatic carbocycles. The van der Waals surface area contributed by atoms with E-state index in [2.05, 4.69) is 21.2 Å². The molecule has 0 radical (unpaired) electrons. The molecule has 1 aromatic rings. The quantitative estimate of drug-likeness (QED) is 0.745. The molecule has 1 amide bonds. The lowest BCUT2D eigenvalue weighted by atomic mass is 10.1. The number of rotatable bonds is 7. The van der Waals surface area contributed by atoms with Crippen molar-refractivity contribution in [2.45, 2.75) is 13.0 Å². The number of nitrogens with one attached hydrogen (secondary N) is 1. The third-order valence-electron chi connectivity index (χ3n) is 2.41.